The number of piperidine rings is 1. The number of halogens is 1. The maximum absolute atomic E-state index is 12.6. The molecule has 1 aromatic rings. The van der Waals surface area contributed by atoms with E-state index < -0.39 is 11.6 Å². The van der Waals surface area contributed by atoms with Gasteiger partial charge >= 0.3 is 11.9 Å². The standard InChI is InChI=1S/C23H29BrN2O4/c1-7-9-16(21(27)29-6)17-14-26(13-12-15(17)8-2)19-11-10-18(24)20(25-19)22(28)30-23(3,4)5/h7-11H,12-14H2,1-6H3/b9-7-,15-8-,17-16+. The van der Waals surface area contributed by atoms with Crippen molar-refractivity contribution in [3.63, 3.8) is 0 Å². The Bertz CT molecular complexity index is 910. The van der Waals surface area contributed by atoms with Crippen molar-refractivity contribution < 1.29 is 19.1 Å². The first-order valence-corrected chi connectivity index (χ1v) is 10.6. The first-order valence-electron chi connectivity index (χ1n) is 9.85. The Morgan fingerprint density at radius 2 is 1.93 bits per heavy atom. The number of rotatable bonds is 4. The van der Waals surface area contributed by atoms with E-state index in [2.05, 4.69) is 25.8 Å². The number of hydrogen-bond acceptors (Lipinski definition) is 6. The summed E-state index contributed by atoms with van der Waals surface area (Å²) in [4.78, 5) is 31.6. The normalized spacial score (nSPS) is 18.0. The average Bonchev–Trinajstić information content (AvgIpc) is 2.70. The summed E-state index contributed by atoms with van der Waals surface area (Å²) in [6.07, 6.45) is 6.38. The van der Waals surface area contributed by atoms with Crippen LogP contribution < -0.4 is 4.90 Å². The van der Waals surface area contributed by atoms with Gasteiger partial charge < -0.3 is 14.4 Å². The molecule has 0 radical (unpaired) electrons. The number of pyridine rings is 1. The minimum Gasteiger partial charge on any atom is -0.465 e. The zero-order valence-electron chi connectivity index (χ0n) is 18.4. The number of ether oxygens (including phenoxy) is 2. The smallest absolute Gasteiger partial charge is 0.358 e. The van der Waals surface area contributed by atoms with E-state index in [0.29, 0.717) is 22.4 Å². The summed E-state index contributed by atoms with van der Waals surface area (Å²) in [5.41, 5.74) is 2.15. The van der Waals surface area contributed by atoms with Crippen LogP contribution in [0.1, 0.15) is 51.5 Å². The molecule has 6 nitrogen and oxygen atoms in total. The van der Waals surface area contributed by atoms with Crippen molar-refractivity contribution >= 4 is 33.7 Å². The van der Waals surface area contributed by atoms with Gasteiger partial charge in [-0.05, 0) is 80.2 Å². The molecular formula is C23H29BrN2O4. The second kappa shape index (κ2) is 10.1. The first kappa shape index (κ1) is 23.9. The van der Waals surface area contributed by atoms with Crippen LogP contribution >= 0.6 is 15.9 Å². The Kier molecular flexibility index (Phi) is 8.01. The molecule has 0 aliphatic carbocycles. The second-order valence-corrected chi connectivity index (χ2v) is 8.73. The predicted octanol–water partition coefficient (Wildman–Crippen LogP) is 5.00. The lowest BCUT2D eigenvalue weighted by atomic mass is 9.92. The minimum absolute atomic E-state index is 0.228. The molecule has 0 amide bonds. The van der Waals surface area contributed by atoms with Crippen molar-refractivity contribution in [2.75, 3.05) is 25.1 Å². The highest BCUT2D eigenvalue weighted by Gasteiger charge is 2.27. The van der Waals surface area contributed by atoms with Gasteiger partial charge in [0.25, 0.3) is 0 Å². The van der Waals surface area contributed by atoms with E-state index in [0.717, 1.165) is 24.1 Å². The summed E-state index contributed by atoms with van der Waals surface area (Å²) in [7, 11) is 1.38. The number of hydrogen-bond donors (Lipinski definition) is 0. The summed E-state index contributed by atoms with van der Waals surface area (Å²) in [5, 5.41) is 0. The van der Waals surface area contributed by atoms with Crippen molar-refractivity contribution in [3.05, 3.63) is 57.2 Å². The second-order valence-electron chi connectivity index (χ2n) is 7.87. The van der Waals surface area contributed by atoms with Gasteiger partial charge in [0.05, 0.1) is 17.2 Å². The van der Waals surface area contributed by atoms with Gasteiger partial charge in [0.1, 0.15) is 11.4 Å². The lowest BCUT2D eigenvalue weighted by Crippen LogP contribution is -2.34. The summed E-state index contributed by atoms with van der Waals surface area (Å²) in [5.74, 6) is -0.207. The predicted molar refractivity (Wildman–Crippen MR) is 122 cm³/mol. The summed E-state index contributed by atoms with van der Waals surface area (Å²) in [6.45, 7) is 10.5. The number of methoxy groups -OCH3 is 1. The molecule has 0 aromatic carbocycles. The molecule has 7 heteroatoms. The van der Waals surface area contributed by atoms with Crippen molar-refractivity contribution in [2.24, 2.45) is 0 Å². The summed E-state index contributed by atoms with van der Waals surface area (Å²) >= 11 is 3.40. The Morgan fingerprint density at radius 1 is 1.23 bits per heavy atom. The van der Waals surface area contributed by atoms with E-state index >= 15 is 0 Å². The molecule has 30 heavy (non-hydrogen) atoms. The van der Waals surface area contributed by atoms with Crippen LogP contribution in [0.4, 0.5) is 5.82 Å². The minimum atomic E-state index is -0.613. The van der Waals surface area contributed by atoms with Crippen molar-refractivity contribution in [1.29, 1.82) is 0 Å². The Morgan fingerprint density at radius 3 is 2.50 bits per heavy atom. The third-order valence-electron chi connectivity index (χ3n) is 4.55. The Hall–Kier alpha value is -2.41. The van der Waals surface area contributed by atoms with Gasteiger partial charge in [-0.2, -0.15) is 0 Å². The van der Waals surface area contributed by atoms with Gasteiger partial charge in [-0.1, -0.05) is 18.2 Å². The third-order valence-corrected chi connectivity index (χ3v) is 5.19. The first-order chi connectivity index (χ1) is 14.1. The van der Waals surface area contributed by atoms with Crippen molar-refractivity contribution in [3.8, 4) is 0 Å². The van der Waals surface area contributed by atoms with Gasteiger partial charge in [-0.3, -0.25) is 0 Å². The zero-order valence-corrected chi connectivity index (χ0v) is 20.0. The van der Waals surface area contributed by atoms with E-state index in [1.165, 1.54) is 7.11 Å². The fourth-order valence-corrected chi connectivity index (χ4v) is 3.58. The monoisotopic (exact) mass is 476 g/mol. The molecule has 0 atom stereocenters. The molecule has 1 fully saturated rings. The van der Waals surface area contributed by atoms with Gasteiger partial charge in [0, 0.05) is 13.1 Å². The number of aromatic nitrogens is 1. The van der Waals surface area contributed by atoms with Crippen LogP contribution in [0.5, 0.6) is 0 Å². The largest absolute Gasteiger partial charge is 0.465 e. The maximum atomic E-state index is 12.6. The number of carbonyl (C=O) groups excluding carboxylic acids is 2. The zero-order chi connectivity index (χ0) is 22.5. The van der Waals surface area contributed by atoms with E-state index in [1.54, 1.807) is 12.1 Å². The fraction of sp³-hybridized carbons (Fsp3) is 0.435. The fourth-order valence-electron chi connectivity index (χ4n) is 3.20. The molecule has 1 saturated heterocycles. The molecule has 2 rings (SSSR count). The highest BCUT2D eigenvalue weighted by Crippen LogP contribution is 2.30. The molecule has 2 heterocycles. The number of carbonyl (C=O) groups is 2. The SMILES string of the molecule is C\C=C/C(C(=O)OC)=C1/CN(c2ccc(Br)c(C(=O)OC(C)(C)C)n2)CC/C1=C/C. The molecule has 1 aromatic heterocycles. The third kappa shape index (κ3) is 5.81. The van der Waals surface area contributed by atoms with Crippen molar-refractivity contribution in [2.45, 2.75) is 46.6 Å². The number of anilines is 1. The van der Waals surface area contributed by atoms with E-state index in [4.69, 9.17) is 9.47 Å². The van der Waals surface area contributed by atoms with Crippen molar-refractivity contribution in [1.82, 2.24) is 4.98 Å². The Balaban J connectivity index is 2.44. The van der Waals surface area contributed by atoms with Crippen LogP contribution in [0.15, 0.2) is 51.6 Å². The molecule has 1 aliphatic heterocycles. The van der Waals surface area contributed by atoms with Crippen LogP contribution in [0.3, 0.4) is 0 Å². The highest BCUT2D eigenvalue weighted by molar-refractivity contribution is 9.10. The average molecular weight is 477 g/mol. The molecule has 0 N–H and O–H groups in total. The van der Waals surface area contributed by atoms with Gasteiger partial charge in [-0.15, -0.1) is 0 Å². The molecular weight excluding hydrogens is 448 g/mol. The molecule has 0 spiro atoms. The van der Waals surface area contributed by atoms with Gasteiger partial charge in [-0.25, -0.2) is 14.6 Å². The van der Waals surface area contributed by atoms with Crippen LogP contribution in [0, 0.1) is 0 Å². The lowest BCUT2D eigenvalue weighted by molar-refractivity contribution is -0.135. The molecule has 1 aliphatic rings. The van der Waals surface area contributed by atoms with Gasteiger partial charge in [0.15, 0.2) is 5.69 Å². The van der Waals surface area contributed by atoms with Crippen LogP contribution in [0.2, 0.25) is 0 Å². The topological polar surface area (TPSA) is 68.7 Å². The maximum Gasteiger partial charge on any atom is 0.358 e. The number of nitrogens with zero attached hydrogens (tertiary/aromatic N) is 2. The van der Waals surface area contributed by atoms with Crippen LogP contribution in [-0.4, -0.2) is 42.7 Å². The molecule has 0 bridgehead atoms. The Labute approximate surface area is 186 Å². The van der Waals surface area contributed by atoms with E-state index in [1.807, 2.05) is 52.8 Å². The van der Waals surface area contributed by atoms with Crippen LogP contribution in [0.25, 0.3) is 0 Å². The van der Waals surface area contributed by atoms with E-state index in [9.17, 15) is 9.59 Å². The molecule has 0 saturated carbocycles. The lowest BCUT2D eigenvalue weighted by Gasteiger charge is -2.32. The summed E-state index contributed by atoms with van der Waals surface area (Å²) in [6, 6.07) is 3.65. The van der Waals surface area contributed by atoms with E-state index in [-0.39, 0.29) is 11.7 Å². The highest BCUT2D eigenvalue weighted by atomic mass is 79.9. The number of allylic oxidation sites excluding steroid dienone is 2. The molecule has 0 unspecified atom stereocenters. The molecule has 162 valence electrons. The van der Waals surface area contributed by atoms with Gasteiger partial charge in [0.2, 0.25) is 0 Å². The quantitative estimate of drug-likeness (QED) is 0.449. The van der Waals surface area contributed by atoms with Crippen LogP contribution in [-0.2, 0) is 14.3 Å². The number of esters is 2. The summed E-state index contributed by atoms with van der Waals surface area (Å²) < 4.78 is 11.0.